The van der Waals surface area contributed by atoms with Crippen molar-refractivity contribution in [3.8, 4) is 11.3 Å². The van der Waals surface area contributed by atoms with Gasteiger partial charge in [0.05, 0.1) is 11.7 Å². The number of H-pyrrole nitrogens is 2. The van der Waals surface area contributed by atoms with Crippen LogP contribution in [-0.2, 0) is 0 Å². The van der Waals surface area contributed by atoms with E-state index in [0.29, 0.717) is 11.8 Å². The van der Waals surface area contributed by atoms with E-state index in [1.807, 2.05) is 39.0 Å². The van der Waals surface area contributed by atoms with E-state index in [-0.39, 0.29) is 11.7 Å². The van der Waals surface area contributed by atoms with Gasteiger partial charge in [0.1, 0.15) is 0 Å². The van der Waals surface area contributed by atoms with Crippen molar-refractivity contribution in [3.05, 3.63) is 52.1 Å². The fourth-order valence-corrected chi connectivity index (χ4v) is 2.29. The molecular formula is C15H17N7O. The summed E-state index contributed by atoms with van der Waals surface area (Å²) in [6.07, 6.45) is 1.68. The molecule has 118 valence electrons. The molecule has 3 heterocycles. The average Bonchev–Trinajstić information content (AvgIpc) is 2.94. The highest BCUT2D eigenvalue weighted by Gasteiger charge is 2.12. The van der Waals surface area contributed by atoms with Crippen LogP contribution < -0.4 is 11.0 Å². The summed E-state index contributed by atoms with van der Waals surface area (Å²) in [4.78, 5) is 26.9. The first-order valence-corrected chi connectivity index (χ1v) is 7.21. The normalized spacial score (nSPS) is 12.1. The van der Waals surface area contributed by atoms with Crippen molar-refractivity contribution in [2.45, 2.75) is 26.8 Å². The summed E-state index contributed by atoms with van der Waals surface area (Å²) < 4.78 is 0. The third-order valence-electron chi connectivity index (χ3n) is 3.43. The third kappa shape index (κ3) is 3.25. The lowest BCUT2D eigenvalue weighted by Crippen LogP contribution is -2.12. The molecule has 0 aliphatic carbocycles. The number of hydrogen-bond donors (Lipinski definition) is 3. The molecule has 0 aliphatic heterocycles. The zero-order valence-electron chi connectivity index (χ0n) is 13.1. The number of aromatic amines is 2. The van der Waals surface area contributed by atoms with Crippen LogP contribution in [0.3, 0.4) is 0 Å². The fourth-order valence-electron chi connectivity index (χ4n) is 2.29. The number of hydrogen-bond acceptors (Lipinski definition) is 6. The topological polar surface area (TPSA) is 112 Å². The van der Waals surface area contributed by atoms with Crippen LogP contribution in [0.5, 0.6) is 0 Å². The minimum atomic E-state index is -0.343. The molecule has 3 aromatic heterocycles. The highest BCUT2D eigenvalue weighted by atomic mass is 16.1. The van der Waals surface area contributed by atoms with E-state index in [1.54, 1.807) is 6.20 Å². The average molecular weight is 311 g/mol. The molecule has 0 unspecified atom stereocenters. The predicted octanol–water partition coefficient (Wildman–Crippen LogP) is 1.74. The Balaban J connectivity index is 1.86. The van der Waals surface area contributed by atoms with Gasteiger partial charge in [-0.15, -0.1) is 0 Å². The van der Waals surface area contributed by atoms with Crippen molar-refractivity contribution in [1.82, 2.24) is 30.1 Å². The summed E-state index contributed by atoms with van der Waals surface area (Å²) in [5.41, 5.74) is 3.29. The van der Waals surface area contributed by atoms with Crippen molar-refractivity contribution >= 4 is 5.95 Å². The van der Waals surface area contributed by atoms with Crippen molar-refractivity contribution < 1.29 is 0 Å². The van der Waals surface area contributed by atoms with Gasteiger partial charge in [0.25, 0.3) is 0 Å². The van der Waals surface area contributed by atoms with Gasteiger partial charge < -0.3 is 5.32 Å². The van der Waals surface area contributed by atoms with Gasteiger partial charge >= 0.3 is 5.69 Å². The predicted molar refractivity (Wildman–Crippen MR) is 86.0 cm³/mol. The van der Waals surface area contributed by atoms with Gasteiger partial charge in [-0.1, -0.05) is 0 Å². The summed E-state index contributed by atoms with van der Waals surface area (Å²) in [6.45, 7) is 5.77. The number of pyridine rings is 1. The zero-order valence-corrected chi connectivity index (χ0v) is 13.1. The molecule has 0 aromatic carbocycles. The molecule has 3 rings (SSSR count). The summed E-state index contributed by atoms with van der Waals surface area (Å²) >= 11 is 0. The first-order chi connectivity index (χ1) is 11.0. The largest absolute Gasteiger partial charge is 0.344 e. The summed E-state index contributed by atoms with van der Waals surface area (Å²) in [5, 5.41) is 9.35. The van der Waals surface area contributed by atoms with E-state index in [4.69, 9.17) is 0 Å². The molecule has 3 aromatic rings. The minimum Gasteiger partial charge on any atom is -0.344 e. The van der Waals surface area contributed by atoms with E-state index < -0.39 is 0 Å². The smallest absolute Gasteiger partial charge is 0.340 e. The van der Waals surface area contributed by atoms with Crippen LogP contribution in [0.1, 0.15) is 30.2 Å². The second kappa shape index (κ2) is 5.99. The van der Waals surface area contributed by atoms with Crippen LogP contribution >= 0.6 is 0 Å². The molecule has 0 spiro atoms. The number of aryl methyl sites for hydroxylation is 2. The van der Waals surface area contributed by atoms with Gasteiger partial charge in [0, 0.05) is 23.1 Å². The van der Waals surface area contributed by atoms with Crippen molar-refractivity contribution in [2.75, 3.05) is 5.32 Å². The lowest BCUT2D eigenvalue weighted by atomic mass is 10.1. The Morgan fingerprint density at radius 2 is 2.00 bits per heavy atom. The molecule has 0 radical (unpaired) electrons. The first kappa shape index (κ1) is 14.9. The molecule has 0 bridgehead atoms. The molecule has 0 aliphatic rings. The van der Waals surface area contributed by atoms with E-state index in [0.717, 1.165) is 22.6 Å². The zero-order chi connectivity index (χ0) is 16.4. The van der Waals surface area contributed by atoms with Crippen LogP contribution in [0.25, 0.3) is 11.3 Å². The van der Waals surface area contributed by atoms with Crippen molar-refractivity contribution in [2.24, 2.45) is 0 Å². The second-order valence-electron chi connectivity index (χ2n) is 5.28. The Morgan fingerprint density at radius 1 is 1.17 bits per heavy atom. The summed E-state index contributed by atoms with van der Waals surface area (Å²) in [5.74, 6) is 0.955. The maximum atomic E-state index is 11.1. The van der Waals surface area contributed by atoms with Gasteiger partial charge in [-0.05, 0) is 39.0 Å². The molecule has 0 saturated heterocycles. The van der Waals surface area contributed by atoms with Crippen LogP contribution in [0, 0.1) is 13.8 Å². The molecule has 0 amide bonds. The maximum Gasteiger partial charge on any atom is 0.340 e. The molecule has 1 atom stereocenters. The third-order valence-corrected chi connectivity index (χ3v) is 3.43. The van der Waals surface area contributed by atoms with Crippen LogP contribution in [0.4, 0.5) is 5.95 Å². The van der Waals surface area contributed by atoms with Crippen molar-refractivity contribution in [1.29, 1.82) is 0 Å². The molecular weight excluding hydrogens is 294 g/mol. The van der Waals surface area contributed by atoms with Gasteiger partial charge in [0.2, 0.25) is 5.95 Å². The summed E-state index contributed by atoms with van der Waals surface area (Å²) in [7, 11) is 0. The number of anilines is 1. The Labute approximate surface area is 132 Å². The molecule has 3 N–H and O–H groups in total. The Bertz CT molecular complexity index is 883. The maximum absolute atomic E-state index is 11.1. The van der Waals surface area contributed by atoms with Crippen LogP contribution in [0.15, 0.2) is 29.2 Å². The fraction of sp³-hybridized carbons (Fsp3) is 0.267. The Hall–Kier alpha value is -3.03. The van der Waals surface area contributed by atoms with E-state index in [1.165, 1.54) is 0 Å². The first-order valence-electron chi connectivity index (χ1n) is 7.21. The van der Waals surface area contributed by atoms with Gasteiger partial charge in [0.15, 0.2) is 5.82 Å². The number of nitrogens with one attached hydrogen (secondary N) is 3. The number of rotatable bonds is 4. The van der Waals surface area contributed by atoms with Crippen LogP contribution in [0.2, 0.25) is 0 Å². The van der Waals surface area contributed by atoms with Gasteiger partial charge in [-0.3, -0.25) is 9.97 Å². The molecule has 23 heavy (non-hydrogen) atoms. The van der Waals surface area contributed by atoms with Crippen molar-refractivity contribution in [3.63, 3.8) is 0 Å². The number of aromatic nitrogens is 6. The lowest BCUT2D eigenvalue weighted by Gasteiger charge is -2.12. The monoisotopic (exact) mass is 311 g/mol. The van der Waals surface area contributed by atoms with Crippen LogP contribution in [-0.4, -0.2) is 30.1 Å². The SMILES string of the molecule is Cc1ccc(-c2ccnc(N[C@@H](C)c3n[nH]c(=O)[nH]3)n2)c(C)n1. The highest BCUT2D eigenvalue weighted by Crippen LogP contribution is 2.21. The molecule has 8 nitrogen and oxygen atoms in total. The number of nitrogens with zero attached hydrogens (tertiary/aromatic N) is 4. The second-order valence-corrected chi connectivity index (χ2v) is 5.28. The lowest BCUT2D eigenvalue weighted by molar-refractivity contribution is 0.783. The minimum absolute atomic E-state index is 0.235. The van der Waals surface area contributed by atoms with E-state index >= 15 is 0 Å². The Morgan fingerprint density at radius 3 is 2.70 bits per heavy atom. The molecule has 8 heteroatoms. The van der Waals surface area contributed by atoms with Gasteiger partial charge in [-0.25, -0.2) is 19.9 Å². The standard InChI is InChI=1S/C15H17N7O/c1-8-4-5-11(9(2)17-8)12-6-7-16-14(19-12)18-10(3)13-20-15(23)22-21-13/h4-7,10H,1-3H3,(H,16,18,19)(H2,20,21,22,23)/t10-/m0/s1. The highest BCUT2D eigenvalue weighted by molar-refractivity contribution is 5.62. The molecule has 0 fully saturated rings. The van der Waals surface area contributed by atoms with E-state index in [9.17, 15) is 4.79 Å². The molecule has 0 saturated carbocycles. The Kier molecular flexibility index (Phi) is 3.88. The van der Waals surface area contributed by atoms with Gasteiger partial charge in [-0.2, -0.15) is 5.10 Å². The summed E-state index contributed by atoms with van der Waals surface area (Å²) in [6, 6.07) is 5.56. The quantitative estimate of drug-likeness (QED) is 0.676. The van der Waals surface area contributed by atoms with E-state index in [2.05, 4.69) is 35.5 Å².